The molecule has 1 aliphatic carbocycles. The molecule has 54 heavy (non-hydrogen) atoms. The van der Waals surface area contributed by atoms with Gasteiger partial charge in [-0.1, -0.05) is 198 Å². The van der Waals surface area contributed by atoms with Crippen molar-refractivity contribution in [1.29, 1.82) is 0 Å². The van der Waals surface area contributed by atoms with Crippen LogP contribution >= 0.6 is 11.3 Å². The highest BCUT2D eigenvalue weighted by atomic mass is 32.1. The van der Waals surface area contributed by atoms with Gasteiger partial charge in [0.2, 0.25) is 6.71 Å². The van der Waals surface area contributed by atoms with E-state index in [4.69, 9.17) is 9.97 Å². The van der Waals surface area contributed by atoms with Gasteiger partial charge in [0.1, 0.15) is 10.3 Å². The van der Waals surface area contributed by atoms with Crippen LogP contribution in [-0.4, -0.2) is 16.7 Å². The Morgan fingerprint density at radius 2 is 1.00 bits per heavy atom. The molecule has 0 fully saturated rings. The molecule has 2 nitrogen and oxygen atoms in total. The molecule has 0 saturated heterocycles. The van der Waals surface area contributed by atoms with E-state index in [0.717, 1.165) is 45.3 Å². The van der Waals surface area contributed by atoms with Gasteiger partial charge in [0, 0.05) is 16.0 Å². The van der Waals surface area contributed by atoms with Crippen molar-refractivity contribution < 1.29 is 0 Å². The Kier molecular flexibility index (Phi) is 8.31. The van der Waals surface area contributed by atoms with E-state index in [-0.39, 0.29) is 6.71 Å². The molecular weight excluding hydrogens is 671 g/mol. The van der Waals surface area contributed by atoms with Crippen molar-refractivity contribution in [2.45, 2.75) is 12.8 Å². The first-order valence-corrected chi connectivity index (χ1v) is 19.5. The Bertz CT molecular complexity index is 2710. The van der Waals surface area contributed by atoms with Gasteiger partial charge in [0.15, 0.2) is 0 Å². The zero-order valence-electron chi connectivity index (χ0n) is 29.7. The average Bonchev–Trinajstić information content (AvgIpc) is 3.61. The molecule has 0 unspecified atom stereocenters. The standard InChI is InChI=1S/C50H35BN2S/c1-3-11-34(12-4-1)36-25-29-41(30-26-36)51(42-31-27-37(28-32-42)35-13-5-2-6-14-35)43-16-9-15-40(33-43)38-21-23-39(24-22-38)44-18-10-19-46-48(44)53-50-49(52-46)45-17-7-8-20-47(45)54-50/h1-7,9-19,21-33H,8,20H2. The lowest BCUT2D eigenvalue weighted by atomic mass is 9.36. The van der Waals surface area contributed by atoms with Crippen molar-refractivity contribution >= 4 is 61.9 Å². The second-order valence-electron chi connectivity index (χ2n) is 14.0. The number of aryl methyl sites for hydroxylation is 1. The summed E-state index contributed by atoms with van der Waals surface area (Å²) in [5.74, 6) is 0. The minimum Gasteiger partial charge on any atom is -0.243 e. The molecule has 0 spiro atoms. The summed E-state index contributed by atoms with van der Waals surface area (Å²) in [7, 11) is 0. The summed E-state index contributed by atoms with van der Waals surface area (Å²) in [6.07, 6.45) is 6.63. The molecule has 0 bridgehead atoms. The molecular formula is C50H35BN2S. The van der Waals surface area contributed by atoms with Gasteiger partial charge >= 0.3 is 0 Å². The molecule has 2 heterocycles. The summed E-state index contributed by atoms with van der Waals surface area (Å²) in [4.78, 5) is 12.7. The first kappa shape index (κ1) is 32.3. The third-order valence-corrected chi connectivity index (χ3v) is 11.9. The van der Waals surface area contributed by atoms with Crippen molar-refractivity contribution in [3.05, 3.63) is 192 Å². The van der Waals surface area contributed by atoms with Gasteiger partial charge < -0.3 is 0 Å². The zero-order valence-corrected chi connectivity index (χ0v) is 30.5. The van der Waals surface area contributed by atoms with E-state index < -0.39 is 0 Å². The number of hydrogen-bond acceptors (Lipinski definition) is 3. The smallest absolute Gasteiger partial charge is 0.241 e. The largest absolute Gasteiger partial charge is 0.243 e. The maximum absolute atomic E-state index is 5.20. The topological polar surface area (TPSA) is 25.8 Å². The van der Waals surface area contributed by atoms with E-state index in [2.05, 4.69) is 188 Å². The summed E-state index contributed by atoms with van der Waals surface area (Å²) in [6.45, 7) is 0.0726. The fourth-order valence-electron chi connectivity index (χ4n) is 7.93. The highest BCUT2D eigenvalue weighted by Crippen LogP contribution is 2.37. The van der Waals surface area contributed by atoms with Crippen LogP contribution in [0.15, 0.2) is 182 Å². The zero-order chi connectivity index (χ0) is 35.8. The fraction of sp³-hybridized carbons (Fsp3) is 0.0400. The van der Waals surface area contributed by atoms with Gasteiger partial charge in [0.25, 0.3) is 0 Å². The third-order valence-electron chi connectivity index (χ3n) is 10.7. The molecule has 0 radical (unpaired) electrons. The van der Waals surface area contributed by atoms with Gasteiger partial charge in [0.05, 0.1) is 11.0 Å². The Morgan fingerprint density at radius 1 is 0.444 bits per heavy atom. The molecule has 0 amide bonds. The minimum atomic E-state index is 0.0726. The first-order chi connectivity index (χ1) is 26.7. The van der Waals surface area contributed by atoms with Crippen LogP contribution in [0.25, 0.3) is 72.0 Å². The van der Waals surface area contributed by atoms with Crippen molar-refractivity contribution in [3.63, 3.8) is 0 Å². The highest BCUT2D eigenvalue weighted by Gasteiger charge is 2.23. The van der Waals surface area contributed by atoms with Crippen LogP contribution in [0.4, 0.5) is 0 Å². The fourth-order valence-corrected chi connectivity index (χ4v) is 9.05. The molecule has 9 aromatic rings. The van der Waals surface area contributed by atoms with Gasteiger partial charge in [-0.3, -0.25) is 0 Å². The van der Waals surface area contributed by atoms with Crippen molar-refractivity contribution in [3.8, 4) is 44.5 Å². The molecule has 2 aromatic heterocycles. The van der Waals surface area contributed by atoms with Crippen LogP contribution in [0.2, 0.25) is 0 Å². The first-order valence-electron chi connectivity index (χ1n) is 18.7. The number of hydrogen-bond donors (Lipinski definition) is 0. The monoisotopic (exact) mass is 706 g/mol. The van der Waals surface area contributed by atoms with E-state index in [9.17, 15) is 0 Å². The maximum Gasteiger partial charge on any atom is 0.241 e. The van der Waals surface area contributed by atoms with E-state index in [1.165, 1.54) is 60.2 Å². The molecule has 7 aromatic carbocycles. The van der Waals surface area contributed by atoms with Gasteiger partial charge in [-0.15, -0.1) is 11.3 Å². The van der Waals surface area contributed by atoms with Gasteiger partial charge in [-0.25, -0.2) is 9.97 Å². The van der Waals surface area contributed by atoms with E-state index in [0.29, 0.717) is 0 Å². The van der Waals surface area contributed by atoms with Crippen molar-refractivity contribution in [1.82, 2.24) is 9.97 Å². The predicted molar refractivity (Wildman–Crippen MR) is 232 cm³/mol. The number of nitrogens with zero attached hydrogens (tertiary/aromatic N) is 2. The van der Waals surface area contributed by atoms with E-state index in [1.54, 1.807) is 11.3 Å². The summed E-state index contributed by atoms with van der Waals surface area (Å²) >= 11 is 1.79. The molecule has 0 aliphatic heterocycles. The van der Waals surface area contributed by atoms with Crippen molar-refractivity contribution in [2.24, 2.45) is 0 Å². The molecule has 0 atom stereocenters. The lowest BCUT2D eigenvalue weighted by Gasteiger charge is -2.18. The summed E-state index contributed by atoms with van der Waals surface area (Å²) < 4.78 is 0. The summed E-state index contributed by atoms with van der Waals surface area (Å²) in [5, 5.41) is 0. The summed E-state index contributed by atoms with van der Waals surface area (Å²) in [6, 6.07) is 63.8. The predicted octanol–water partition coefficient (Wildman–Crippen LogP) is 11.0. The van der Waals surface area contributed by atoms with Crippen LogP contribution in [0.1, 0.15) is 16.9 Å². The van der Waals surface area contributed by atoms with Crippen LogP contribution < -0.4 is 16.4 Å². The Labute approximate surface area is 320 Å². The van der Waals surface area contributed by atoms with Crippen LogP contribution in [0.3, 0.4) is 0 Å². The minimum absolute atomic E-state index is 0.0726. The molecule has 254 valence electrons. The SMILES string of the molecule is C1=Cc2c(sc3nc4c(-c5ccc(-c6cccc(B(c7ccc(-c8ccccc8)cc7)c7ccc(-c8ccccc8)cc7)c6)cc5)cccc4nc23)CC1. The number of aromatic nitrogens is 2. The number of fused-ring (bicyclic) bond motifs is 4. The summed E-state index contributed by atoms with van der Waals surface area (Å²) in [5.41, 5.74) is 17.5. The van der Waals surface area contributed by atoms with E-state index in [1.807, 2.05) is 0 Å². The van der Waals surface area contributed by atoms with E-state index >= 15 is 0 Å². The quantitative estimate of drug-likeness (QED) is 0.154. The maximum atomic E-state index is 5.20. The number of rotatable bonds is 7. The van der Waals surface area contributed by atoms with Crippen LogP contribution in [-0.2, 0) is 6.42 Å². The number of para-hydroxylation sites is 1. The lowest BCUT2D eigenvalue weighted by Crippen LogP contribution is -2.51. The highest BCUT2D eigenvalue weighted by molar-refractivity contribution is 7.19. The molecule has 0 N–H and O–H groups in total. The number of thiophene rings is 1. The lowest BCUT2D eigenvalue weighted by molar-refractivity contribution is 1.01. The van der Waals surface area contributed by atoms with Crippen LogP contribution in [0, 0.1) is 0 Å². The Morgan fingerprint density at radius 3 is 1.67 bits per heavy atom. The average molecular weight is 707 g/mol. The van der Waals surface area contributed by atoms with Gasteiger partial charge in [-0.2, -0.15) is 0 Å². The van der Waals surface area contributed by atoms with Crippen molar-refractivity contribution in [2.75, 3.05) is 0 Å². The number of benzene rings is 7. The van der Waals surface area contributed by atoms with Gasteiger partial charge in [-0.05, 0) is 57.9 Å². The third kappa shape index (κ3) is 6.05. The molecule has 0 saturated carbocycles. The molecule has 10 rings (SSSR count). The molecule has 4 heteroatoms. The number of allylic oxidation sites excluding steroid dienone is 1. The Balaban J connectivity index is 1.00. The second-order valence-corrected chi connectivity index (χ2v) is 15.1. The van der Waals surface area contributed by atoms with Crippen LogP contribution in [0.5, 0.6) is 0 Å². The Hall–Kier alpha value is -6.36. The second kappa shape index (κ2) is 13.9. The normalized spacial score (nSPS) is 12.2. The molecule has 1 aliphatic rings.